The number of hydrogen-bond acceptors (Lipinski definition) is 5. The molecule has 0 saturated carbocycles. The van der Waals surface area contributed by atoms with E-state index in [2.05, 4.69) is 66.5 Å². The smallest absolute Gasteiger partial charge is 0.225 e. The zero-order chi connectivity index (χ0) is 22.0. The summed E-state index contributed by atoms with van der Waals surface area (Å²) in [7, 11) is 1.84. The van der Waals surface area contributed by atoms with Crippen molar-refractivity contribution in [3.8, 4) is 0 Å². The number of benzene rings is 2. The predicted molar refractivity (Wildman–Crippen MR) is 143 cm³/mol. The first-order chi connectivity index (χ1) is 15.8. The zero-order valence-corrected chi connectivity index (χ0v) is 21.3. The number of nitrogens with zero attached hydrogens (tertiary/aromatic N) is 5. The molecule has 2 aromatic carbocycles. The maximum absolute atomic E-state index is 5.96. The third-order valence-corrected chi connectivity index (χ3v) is 5.55. The largest absolute Gasteiger partial charge is 0.372 e. The lowest BCUT2D eigenvalue weighted by Crippen LogP contribution is -2.52. The van der Waals surface area contributed by atoms with Gasteiger partial charge >= 0.3 is 0 Å². The molecular weight excluding hydrogens is 527 g/mol. The molecule has 0 radical (unpaired) electrons. The minimum absolute atomic E-state index is 0. The van der Waals surface area contributed by atoms with Crippen LogP contribution in [0.15, 0.2) is 78.0 Å². The van der Waals surface area contributed by atoms with Crippen LogP contribution >= 0.6 is 24.0 Å². The van der Waals surface area contributed by atoms with Gasteiger partial charge in [0.05, 0.1) is 13.2 Å². The van der Waals surface area contributed by atoms with Crippen molar-refractivity contribution in [1.82, 2.24) is 20.2 Å². The monoisotopic (exact) mass is 558 g/mol. The first-order valence-electron chi connectivity index (χ1n) is 11.0. The molecule has 7 nitrogen and oxygen atoms in total. The molecule has 2 heterocycles. The van der Waals surface area contributed by atoms with Gasteiger partial charge in [0, 0.05) is 52.2 Å². The van der Waals surface area contributed by atoms with Gasteiger partial charge in [0.15, 0.2) is 5.96 Å². The summed E-state index contributed by atoms with van der Waals surface area (Å²) in [5.41, 5.74) is 3.60. The summed E-state index contributed by atoms with van der Waals surface area (Å²) < 4.78 is 5.96. The van der Waals surface area contributed by atoms with Gasteiger partial charge in [-0.2, -0.15) is 0 Å². The Morgan fingerprint density at radius 1 is 0.879 bits per heavy atom. The number of nitrogens with one attached hydrogen (secondary N) is 1. The van der Waals surface area contributed by atoms with Crippen molar-refractivity contribution in [2.45, 2.75) is 19.8 Å². The van der Waals surface area contributed by atoms with Gasteiger partial charge in [-0.1, -0.05) is 54.6 Å². The Morgan fingerprint density at radius 3 is 2.24 bits per heavy atom. The summed E-state index contributed by atoms with van der Waals surface area (Å²) in [5.74, 6) is 1.71. The van der Waals surface area contributed by atoms with Crippen molar-refractivity contribution < 1.29 is 4.74 Å². The Morgan fingerprint density at radius 2 is 1.55 bits per heavy atom. The van der Waals surface area contributed by atoms with E-state index in [4.69, 9.17) is 4.74 Å². The summed E-state index contributed by atoms with van der Waals surface area (Å²) >= 11 is 0. The highest BCUT2D eigenvalue weighted by molar-refractivity contribution is 14.0. The number of halogens is 1. The van der Waals surface area contributed by atoms with E-state index in [0.29, 0.717) is 19.8 Å². The molecule has 1 saturated heterocycles. The fourth-order valence-electron chi connectivity index (χ4n) is 3.80. The highest BCUT2D eigenvalue weighted by Crippen LogP contribution is 2.13. The summed E-state index contributed by atoms with van der Waals surface area (Å²) in [5, 5.41) is 3.53. The molecule has 8 heteroatoms. The molecule has 174 valence electrons. The van der Waals surface area contributed by atoms with Gasteiger partial charge < -0.3 is 19.9 Å². The molecule has 1 aliphatic rings. The number of hydrogen-bond donors (Lipinski definition) is 1. The Hall–Kier alpha value is -2.72. The molecule has 0 unspecified atom stereocenters. The van der Waals surface area contributed by atoms with Gasteiger partial charge in [0.2, 0.25) is 5.95 Å². The number of guanidine groups is 1. The normalized spacial score (nSPS) is 14.0. The van der Waals surface area contributed by atoms with Crippen LogP contribution in [0.3, 0.4) is 0 Å². The fourth-order valence-corrected chi connectivity index (χ4v) is 3.80. The van der Waals surface area contributed by atoms with Crippen LogP contribution in [0.2, 0.25) is 0 Å². The van der Waals surface area contributed by atoms with Crippen LogP contribution in [0.4, 0.5) is 5.95 Å². The van der Waals surface area contributed by atoms with E-state index in [0.717, 1.165) is 38.1 Å². The average Bonchev–Trinajstić information content (AvgIpc) is 2.87. The second-order valence-electron chi connectivity index (χ2n) is 7.67. The van der Waals surface area contributed by atoms with E-state index in [9.17, 15) is 0 Å². The predicted octanol–water partition coefficient (Wildman–Crippen LogP) is 3.71. The van der Waals surface area contributed by atoms with Crippen LogP contribution in [-0.4, -0.2) is 54.1 Å². The van der Waals surface area contributed by atoms with Gasteiger partial charge in [-0.15, -0.1) is 24.0 Å². The van der Waals surface area contributed by atoms with Crippen LogP contribution in [0.5, 0.6) is 0 Å². The maximum atomic E-state index is 5.96. The first-order valence-corrected chi connectivity index (χ1v) is 11.0. The van der Waals surface area contributed by atoms with Gasteiger partial charge in [-0.05, 0) is 22.8 Å². The van der Waals surface area contributed by atoms with Crippen molar-refractivity contribution in [2.24, 2.45) is 4.99 Å². The Bertz CT molecular complexity index is 994. The highest BCUT2D eigenvalue weighted by Gasteiger charge is 2.21. The van der Waals surface area contributed by atoms with E-state index in [1.165, 1.54) is 16.7 Å². The van der Waals surface area contributed by atoms with Gasteiger partial charge in [0.25, 0.3) is 0 Å². The van der Waals surface area contributed by atoms with Gasteiger partial charge in [0.1, 0.15) is 0 Å². The molecule has 0 atom stereocenters. The van der Waals surface area contributed by atoms with Gasteiger partial charge in [-0.3, -0.25) is 4.99 Å². The number of aliphatic imine (C=N–C) groups is 1. The molecule has 1 N–H and O–H groups in total. The van der Waals surface area contributed by atoms with Crippen molar-refractivity contribution in [3.05, 3.63) is 89.7 Å². The third kappa shape index (κ3) is 7.13. The lowest BCUT2D eigenvalue weighted by atomic mass is 10.1. The van der Waals surface area contributed by atoms with Crippen molar-refractivity contribution in [3.63, 3.8) is 0 Å². The lowest BCUT2D eigenvalue weighted by Gasteiger charge is -2.36. The SMILES string of the molecule is CN=C(NCc1ccccc1COCc1ccccc1)N1CCN(c2ncccn2)CC1.I. The average molecular weight is 558 g/mol. The zero-order valence-electron chi connectivity index (χ0n) is 18.9. The van der Waals surface area contributed by atoms with E-state index in [-0.39, 0.29) is 24.0 Å². The number of ether oxygens (including phenoxy) is 1. The molecule has 1 fully saturated rings. The summed E-state index contributed by atoms with van der Waals surface area (Å²) in [6.07, 6.45) is 3.58. The lowest BCUT2D eigenvalue weighted by molar-refractivity contribution is 0.106. The Kier molecular flexibility index (Phi) is 9.89. The molecular formula is C25H31IN6O. The second kappa shape index (κ2) is 13.1. The number of aromatic nitrogens is 2. The molecule has 1 aliphatic heterocycles. The van der Waals surface area contributed by atoms with Gasteiger partial charge in [-0.25, -0.2) is 9.97 Å². The Balaban J connectivity index is 0.00000306. The highest BCUT2D eigenvalue weighted by atomic mass is 127. The number of anilines is 1. The molecule has 1 aromatic heterocycles. The van der Waals surface area contributed by atoms with Crippen LogP contribution in [0, 0.1) is 0 Å². The molecule has 3 aromatic rings. The van der Waals surface area contributed by atoms with E-state index >= 15 is 0 Å². The number of piperazine rings is 1. The van der Waals surface area contributed by atoms with Crippen molar-refractivity contribution in [1.29, 1.82) is 0 Å². The van der Waals surface area contributed by atoms with Crippen LogP contribution in [0.1, 0.15) is 16.7 Å². The van der Waals surface area contributed by atoms with Crippen LogP contribution in [0.25, 0.3) is 0 Å². The molecule has 0 spiro atoms. The molecule has 33 heavy (non-hydrogen) atoms. The van der Waals surface area contributed by atoms with Crippen LogP contribution in [-0.2, 0) is 24.5 Å². The molecule has 0 amide bonds. The second-order valence-corrected chi connectivity index (χ2v) is 7.67. The summed E-state index contributed by atoms with van der Waals surface area (Å²) in [6, 6.07) is 20.5. The van der Waals surface area contributed by atoms with E-state index in [1.807, 2.05) is 31.3 Å². The molecule has 4 rings (SSSR count). The minimum atomic E-state index is 0. The fraction of sp³-hybridized carbons (Fsp3) is 0.320. The molecule has 0 aliphatic carbocycles. The van der Waals surface area contributed by atoms with E-state index < -0.39 is 0 Å². The van der Waals surface area contributed by atoms with Crippen molar-refractivity contribution in [2.75, 3.05) is 38.1 Å². The third-order valence-electron chi connectivity index (χ3n) is 5.55. The van der Waals surface area contributed by atoms with Crippen LogP contribution < -0.4 is 10.2 Å². The molecule has 0 bridgehead atoms. The Labute approximate surface area is 212 Å². The van der Waals surface area contributed by atoms with E-state index in [1.54, 1.807) is 12.4 Å². The number of rotatable bonds is 7. The topological polar surface area (TPSA) is 65.9 Å². The summed E-state index contributed by atoms with van der Waals surface area (Å²) in [6.45, 7) is 5.39. The quantitative estimate of drug-likeness (QED) is 0.271. The minimum Gasteiger partial charge on any atom is -0.372 e. The first kappa shape index (κ1) is 24.9. The summed E-state index contributed by atoms with van der Waals surface area (Å²) in [4.78, 5) is 17.7. The van der Waals surface area contributed by atoms with Crippen molar-refractivity contribution >= 4 is 35.9 Å². The maximum Gasteiger partial charge on any atom is 0.225 e. The standard InChI is InChI=1S/C25H30N6O.HI/c1-26-24(30-14-16-31(17-15-30)25-27-12-7-13-28-25)29-18-22-10-5-6-11-23(22)20-32-19-21-8-3-2-4-9-21;/h2-13H,14-20H2,1H3,(H,26,29);1H.